The van der Waals surface area contributed by atoms with Crippen LogP contribution in [0.15, 0.2) is 29.6 Å². The largest absolute Gasteiger partial charge is 0.493 e. The maximum absolute atomic E-state index is 5.71. The van der Waals surface area contributed by atoms with E-state index in [1.54, 1.807) is 32.3 Å². The number of anilines is 1. The number of benzene rings is 1. The molecule has 0 fully saturated rings. The van der Waals surface area contributed by atoms with Crippen molar-refractivity contribution >= 4 is 28.9 Å². The van der Waals surface area contributed by atoms with Crippen LogP contribution in [-0.4, -0.2) is 46.5 Å². The van der Waals surface area contributed by atoms with Crippen LogP contribution in [-0.2, 0) is 6.54 Å². The Morgan fingerprint density at radius 3 is 2.84 bits per heavy atom. The molecule has 132 valence electrons. The van der Waals surface area contributed by atoms with Crippen LogP contribution in [0.4, 0.5) is 5.95 Å². The molecule has 0 spiro atoms. The maximum Gasteiger partial charge on any atom is 0.223 e. The van der Waals surface area contributed by atoms with Gasteiger partial charge >= 0.3 is 0 Å². The first-order chi connectivity index (χ1) is 12.2. The van der Waals surface area contributed by atoms with Gasteiger partial charge in [-0.2, -0.15) is 4.98 Å². The van der Waals surface area contributed by atoms with Gasteiger partial charge in [0.2, 0.25) is 5.95 Å². The summed E-state index contributed by atoms with van der Waals surface area (Å²) >= 11 is 1.61. The fourth-order valence-electron chi connectivity index (χ4n) is 2.37. The van der Waals surface area contributed by atoms with E-state index in [0.717, 1.165) is 46.4 Å². The van der Waals surface area contributed by atoms with Gasteiger partial charge < -0.3 is 25.5 Å². The van der Waals surface area contributed by atoms with Gasteiger partial charge in [-0.05, 0) is 17.7 Å². The summed E-state index contributed by atoms with van der Waals surface area (Å²) in [5, 5.41) is 4.21. The highest BCUT2D eigenvalue weighted by molar-refractivity contribution is 7.99. The molecule has 2 heterocycles. The van der Waals surface area contributed by atoms with Crippen molar-refractivity contribution in [1.29, 1.82) is 0 Å². The molecule has 9 heteroatoms. The third-order valence-corrected chi connectivity index (χ3v) is 4.54. The third-order valence-electron chi connectivity index (χ3n) is 3.56. The quantitative estimate of drug-likeness (QED) is 0.317. The van der Waals surface area contributed by atoms with Crippen LogP contribution >= 0.6 is 11.8 Å². The Balaban J connectivity index is 1.51. The molecule has 0 unspecified atom stereocenters. The van der Waals surface area contributed by atoms with Gasteiger partial charge in [0.25, 0.3) is 0 Å². The average Bonchev–Trinajstić information content (AvgIpc) is 3.09. The second kappa shape index (κ2) is 8.04. The highest BCUT2D eigenvalue weighted by Crippen LogP contribution is 2.27. The Morgan fingerprint density at radius 1 is 1.20 bits per heavy atom. The smallest absolute Gasteiger partial charge is 0.223 e. The van der Waals surface area contributed by atoms with Gasteiger partial charge in [-0.15, -0.1) is 11.8 Å². The minimum absolute atomic E-state index is 0.236. The molecular weight excluding hydrogens is 340 g/mol. The monoisotopic (exact) mass is 360 g/mol. The van der Waals surface area contributed by atoms with Gasteiger partial charge in [0.05, 0.1) is 20.5 Å². The zero-order valence-electron chi connectivity index (χ0n) is 14.1. The van der Waals surface area contributed by atoms with E-state index in [1.165, 1.54) is 0 Å². The summed E-state index contributed by atoms with van der Waals surface area (Å²) in [5.41, 5.74) is 8.25. The van der Waals surface area contributed by atoms with Crippen molar-refractivity contribution in [1.82, 2.24) is 25.3 Å². The fourth-order valence-corrected chi connectivity index (χ4v) is 3.26. The van der Waals surface area contributed by atoms with Crippen molar-refractivity contribution in [2.24, 2.45) is 0 Å². The molecule has 8 nitrogen and oxygen atoms in total. The standard InChI is InChI=1S/C16H20N6O2S/c1-23-11-4-3-10(7-12(11)24-2)8-18-5-6-25-15-13-14(20-9-19-13)21-16(17)22-15/h3-4,7,9,18H,5-6,8H2,1-2H3,(H3,17,19,20,21,22). The first kappa shape index (κ1) is 17.3. The van der Waals surface area contributed by atoms with E-state index in [-0.39, 0.29) is 5.95 Å². The van der Waals surface area contributed by atoms with Crippen LogP contribution in [0.5, 0.6) is 11.5 Å². The number of aromatic amines is 1. The Morgan fingerprint density at radius 2 is 2.04 bits per heavy atom. The molecule has 0 bridgehead atoms. The molecule has 1 aromatic carbocycles. The zero-order valence-corrected chi connectivity index (χ0v) is 14.9. The number of hydrogen-bond donors (Lipinski definition) is 3. The van der Waals surface area contributed by atoms with E-state index in [0.29, 0.717) is 5.65 Å². The lowest BCUT2D eigenvalue weighted by Gasteiger charge is -2.10. The molecular formula is C16H20N6O2S. The first-order valence-electron chi connectivity index (χ1n) is 7.72. The molecule has 0 amide bonds. The molecule has 4 N–H and O–H groups in total. The lowest BCUT2D eigenvalue weighted by Crippen LogP contribution is -2.16. The number of ether oxygens (including phenoxy) is 2. The topological polar surface area (TPSA) is 111 Å². The van der Waals surface area contributed by atoms with Crippen molar-refractivity contribution in [3.63, 3.8) is 0 Å². The van der Waals surface area contributed by atoms with E-state index in [1.807, 2.05) is 18.2 Å². The normalized spacial score (nSPS) is 11.0. The van der Waals surface area contributed by atoms with Crippen LogP contribution < -0.4 is 20.5 Å². The van der Waals surface area contributed by atoms with Crippen molar-refractivity contribution in [3.05, 3.63) is 30.1 Å². The second-order valence-electron chi connectivity index (χ2n) is 5.20. The number of nitrogens with one attached hydrogen (secondary N) is 2. The minimum Gasteiger partial charge on any atom is -0.493 e. The lowest BCUT2D eigenvalue weighted by molar-refractivity contribution is 0.354. The molecule has 0 aliphatic heterocycles. The van der Waals surface area contributed by atoms with Crippen molar-refractivity contribution in [2.45, 2.75) is 11.6 Å². The van der Waals surface area contributed by atoms with Gasteiger partial charge in [-0.3, -0.25) is 0 Å². The SMILES string of the molecule is COc1ccc(CNCCSc2nc(N)nc3nc[nH]c23)cc1OC. The number of nitrogens with zero attached hydrogens (tertiary/aromatic N) is 3. The second-order valence-corrected chi connectivity index (χ2v) is 6.29. The number of nitrogens with two attached hydrogens (primary N) is 1. The summed E-state index contributed by atoms with van der Waals surface area (Å²) in [6, 6.07) is 5.89. The van der Waals surface area contributed by atoms with E-state index in [2.05, 4.69) is 25.3 Å². The molecule has 0 radical (unpaired) electrons. The molecule has 0 atom stereocenters. The molecule has 0 saturated heterocycles. The Labute approximate surface area is 149 Å². The number of fused-ring (bicyclic) bond motifs is 1. The average molecular weight is 360 g/mol. The van der Waals surface area contributed by atoms with E-state index in [9.17, 15) is 0 Å². The van der Waals surface area contributed by atoms with Crippen LogP contribution in [0.1, 0.15) is 5.56 Å². The van der Waals surface area contributed by atoms with Gasteiger partial charge in [-0.25, -0.2) is 9.97 Å². The number of aromatic nitrogens is 4. The number of thioether (sulfide) groups is 1. The van der Waals surface area contributed by atoms with E-state index < -0.39 is 0 Å². The summed E-state index contributed by atoms with van der Waals surface area (Å²) in [5.74, 6) is 2.54. The molecule has 25 heavy (non-hydrogen) atoms. The summed E-state index contributed by atoms with van der Waals surface area (Å²) in [7, 11) is 3.26. The van der Waals surface area contributed by atoms with E-state index >= 15 is 0 Å². The number of methoxy groups -OCH3 is 2. The van der Waals surface area contributed by atoms with Gasteiger partial charge in [0.15, 0.2) is 17.1 Å². The summed E-state index contributed by atoms with van der Waals surface area (Å²) in [6.07, 6.45) is 1.60. The van der Waals surface area contributed by atoms with Crippen LogP contribution in [0.25, 0.3) is 11.2 Å². The van der Waals surface area contributed by atoms with Crippen LogP contribution in [0, 0.1) is 0 Å². The van der Waals surface area contributed by atoms with Gasteiger partial charge in [0, 0.05) is 18.8 Å². The number of nitrogen functional groups attached to an aromatic ring is 1. The Kier molecular flexibility index (Phi) is 5.56. The number of hydrogen-bond acceptors (Lipinski definition) is 8. The van der Waals surface area contributed by atoms with Gasteiger partial charge in [-0.1, -0.05) is 6.07 Å². The van der Waals surface area contributed by atoms with Crippen LogP contribution in [0.2, 0.25) is 0 Å². The highest BCUT2D eigenvalue weighted by atomic mass is 32.2. The van der Waals surface area contributed by atoms with Gasteiger partial charge in [0.1, 0.15) is 10.5 Å². The van der Waals surface area contributed by atoms with E-state index in [4.69, 9.17) is 15.2 Å². The molecule has 3 rings (SSSR count). The number of rotatable bonds is 8. The molecule has 0 aliphatic carbocycles. The first-order valence-corrected chi connectivity index (χ1v) is 8.71. The number of H-pyrrole nitrogens is 1. The fraction of sp³-hybridized carbons (Fsp3) is 0.312. The third kappa shape index (κ3) is 4.12. The molecule has 0 saturated carbocycles. The molecule has 3 aromatic rings. The summed E-state index contributed by atoms with van der Waals surface area (Å²) < 4.78 is 10.6. The highest BCUT2D eigenvalue weighted by Gasteiger charge is 2.09. The van der Waals surface area contributed by atoms with Crippen molar-refractivity contribution < 1.29 is 9.47 Å². The summed E-state index contributed by atoms with van der Waals surface area (Å²) in [4.78, 5) is 15.5. The summed E-state index contributed by atoms with van der Waals surface area (Å²) in [6.45, 7) is 1.56. The van der Waals surface area contributed by atoms with Crippen molar-refractivity contribution in [3.8, 4) is 11.5 Å². The Bertz CT molecular complexity index is 854. The zero-order chi connectivity index (χ0) is 17.6. The lowest BCUT2D eigenvalue weighted by atomic mass is 10.2. The van der Waals surface area contributed by atoms with Crippen molar-refractivity contribution in [2.75, 3.05) is 32.3 Å². The predicted octanol–water partition coefficient (Wildman–Crippen LogP) is 1.83. The van der Waals surface area contributed by atoms with Crippen LogP contribution in [0.3, 0.4) is 0 Å². The predicted molar refractivity (Wildman–Crippen MR) is 98.1 cm³/mol. The number of imidazole rings is 1. The maximum atomic E-state index is 5.71. The molecule has 0 aliphatic rings. The minimum atomic E-state index is 0.236. The Hall–Kier alpha value is -2.52. The molecule has 2 aromatic heterocycles.